The second-order valence-electron chi connectivity index (χ2n) is 8.90. The van der Waals surface area contributed by atoms with Crippen LogP contribution in [-0.4, -0.2) is 26.7 Å². The van der Waals surface area contributed by atoms with Crippen LogP contribution in [0.3, 0.4) is 0 Å². The smallest absolute Gasteiger partial charge is 0.416 e. The summed E-state index contributed by atoms with van der Waals surface area (Å²) in [6, 6.07) is 21.2. The maximum Gasteiger partial charge on any atom is 0.416 e. The lowest BCUT2D eigenvalue weighted by molar-refractivity contribution is -0.145. The number of alkyl halides is 3. The van der Waals surface area contributed by atoms with E-state index in [1.807, 2.05) is 41.1 Å². The van der Waals surface area contributed by atoms with Crippen molar-refractivity contribution < 1.29 is 32.2 Å². The fourth-order valence-electron chi connectivity index (χ4n) is 4.23. The molecule has 1 unspecified atom stereocenters. The number of carboxylic acid groups (broad SMARTS) is 1. The van der Waals surface area contributed by atoms with Gasteiger partial charge in [-0.1, -0.05) is 24.3 Å². The number of hydrogen-bond donors (Lipinski definition) is 1. The number of aryl methyl sites for hydroxylation is 1. The van der Waals surface area contributed by atoms with Gasteiger partial charge in [0, 0.05) is 23.7 Å². The number of halogens is 3. The van der Waals surface area contributed by atoms with Crippen LogP contribution in [0.15, 0.2) is 89.5 Å². The van der Waals surface area contributed by atoms with E-state index in [2.05, 4.69) is 4.98 Å². The Morgan fingerprint density at radius 1 is 1.05 bits per heavy atom. The summed E-state index contributed by atoms with van der Waals surface area (Å²) in [5.41, 5.74) is 2.12. The van der Waals surface area contributed by atoms with Crippen LogP contribution in [0.1, 0.15) is 22.6 Å². The summed E-state index contributed by atoms with van der Waals surface area (Å²) in [6.07, 6.45) is -3.34. The van der Waals surface area contributed by atoms with Gasteiger partial charge in [-0.15, -0.1) is 0 Å². The molecule has 1 N–H and O–H groups in total. The highest BCUT2D eigenvalue weighted by Gasteiger charge is 2.30. The van der Waals surface area contributed by atoms with Crippen LogP contribution in [0.2, 0.25) is 0 Å². The Morgan fingerprint density at radius 2 is 1.79 bits per heavy atom. The quantitative estimate of drug-likeness (QED) is 0.245. The molecule has 0 aliphatic heterocycles. The van der Waals surface area contributed by atoms with Gasteiger partial charge in [0.1, 0.15) is 17.2 Å². The zero-order valence-electron chi connectivity index (χ0n) is 20.3. The molecule has 1 atom stereocenters. The normalized spacial score (nSPS) is 12.5. The third kappa shape index (κ3) is 5.41. The van der Waals surface area contributed by atoms with Gasteiger partial charge in [-0.05, 0) is 72.5 Å². The summed E-state index contributed by atoms with van der Waals surface area (Å²) < 4.78 is 52.0. The predicted molar refractivity (Wildman–Crippen MR) is 135 cm³/mol. The number of carboxylic acids is 1. The molecule has 6 nitrogen and oxygen atoms in total. The van der Waals surface area contributed by atoms with Gasteiger partial charge in [0.15, 0.2) is 6.10 Å². The molecule has 0 saturated heterocycles. The molecule has 5 rings (SSSR count). The summed E-state index contributed by atoms with van der Waals surface area (Å²) >= 11 is 0. The van der Waals surface area contributed by atoms with Crippen molar-refractivity contribution in [3.05, 3.63) is 108 Å². The first-order chi connectivity index (χ1) is 18.2. The molecule has 0 fully saturated rings. The lowest BCUT2D eigenvalue weighted by Crippen LogP contribution is -2.29. The highest BCUT2D eigenvalue weighted by molar-refractivity contribution is 5.81. The maximum absolute atomic E-state index is 12.9. The van der Waals surface area contributed by atoms with Crippen LogP contribution >= 0.6 is 0 Å². The van der Waals surface area contributed by atoms with Gasteiger partial charge in [-0.3, -0.25) is 0 Å². The van der Waals surface area contributed by atoms with Crippen molar-refractivity contribution in [1.29, 1.82) is 0 Å². The summed E-state index contributed by atoms with van der Waals surface area (Å²) in [5.74, 6) is 0.270. The Hall–Kier alpha value is -4.53. The molecular formula is C29H23F3N2O4. The van der Waals surface area contributed by atoms with Crippen molar-refractivity contribution in [3.8, 4) is 17.2 Å². The van der Waals surface area contributed by atoms with E-state index in [9.17, 15) is 23.1 Å². The molecule has 9 heteroatoms. The van der Waals surface area contributed by atoms with Crippen LogP contribution in [0.5, 0.6) is 5.75 Å². The van der Waals surface area contributed by atoms with Gasteiger partial charge >= 0.3 is 12.1 Å². The highest BCUT2D eigenvalue weighted by Crippen LogP contribution is 2.31. The fourth-order valence-corrected chi connectivity index (χ4v) is 4.23. The number of aliphatic carboxylic acids is 1. The number of rotatable bonds is 8. The largest absolute Gasteiger partial charge is 0.478 e. The topological polar surface area (TPSA) is 77.5 Å². The van der Waals surface area contributed by atoms with E-state index in [1.54, 1.807) is 31.2 Å². The Bertz CT molecular complexity index is 1570. The van der Waals surface area contributed by atoms with Crippen LogP contribution < -0.4 is 4.74 Å². The Kier molecular flexibility index (Phi) is 6.67. The number of hydrogen-bond acceptors (Lipinski definition) is 4. The van der Waals surface area contributed by atoms with E-state index in [4.69, 9.17) is 9.15 Å². The number of benzene rings is 3. The van der Waals surface area contributed by atoms with Crippen LogP contribution in [0.4, 0.5) is 13.2 Å². The molecule has 0 radical (unpaired) electrons. The van der Waals surface area contributed by atoms with Gasteiger partial charge < -0.3 is 18.8 Å². The number of carbonyl (C=O) groups is 1. The number of nitrogens with zero attached hydrogens (tertiary/aromatic N) is 2. The summed E-state index contributed by atoms with van der Waals surface area (Å²) in [6.45, 7) is 2.16. The van der Waals surface area contributed by atoms with Crippen molar-refractivity contribution in [2.45, 2.75) is 32.2 Å². The molecule has 0 bridgehead atoms. The zero-order valence-corrected chi connectivity index (χ0v) is 20.3. The van der Waals surface area contributed by atoms with Crippen molar-refractivity contribution in [3.63, 3.8) is 0 Å². The third-order valence-corrected chi connectivity index (χ3v) is 6.23. The monoisotopic (exact) mass is 520 g/mol. The minimum absolute atomic E-state index is 0.199. The summed E-state index contributed by atoms with van der Waals surface area (Å²) in [5, 5.41) is 10.6. The van der Waals surface area contributed by atoms with Gasteiger partial charge in [0.25, 0.3) is 0 Å². The van der Waals surface area contributed by atoms with Gasteiger partial charge in [-0.25, -0.2) is 9.78 Å². The van der Waals surface area contributed by atoms with E-state index in [0.29, 0.717) is 29.3 Å². The predicted octanol–water partition coefficient (Wildman–Crippen LogP) is 6.75. The van der Waals surface area contributed by atoms with Gasteiger partial charge in [0.2, 0.25) is 5.89 Å². The average Bonchev–Trinajstić information content (AvgIpc) is 3.46. The first-order valence-electron chi connectivity index (χ1n) is 11.8. The van der Waals surface area contributed by atoms with E-state index in [1.165, 1.54) is 12.1 Å². The van der Waals surface area contributed by atoms with Crippen molar-refractivity contribution in [2.75, 3.05) is 0 Å². The van der Waals surface area contributed by atoms with Crippen LogP contribution in [0, 0.1) is 6.92 Å². The molecule has 0 amide bonds. The SMILES string of the molecule is Cc1oc(-c2ccc(C(F)(F)F)cc2)nc1Cn1ccc2cc(CC(Oc3ccccc3)C(=O)O)ccc21. The molecule has 0 spiro atoms. The molecule has 2 aromatic heterocycles. The number of fused-ring (bicyclic) bond motifs is 1. The fraction of sp³-hybridized carbons (Fsp3) is 0.172. The minimum atomic E-state index is -4.41. The third-order valence-electron chi connectivity index (χ3n) is 6.23. The van der Waals surface area contributed by atoms with Crippen LogP contribution in [0.25, 0.3) is 22.4 Å². The lowest BCUT2D eigenvalue weighted by atomic mass is 10.1. The first-order valence-corrected chi connectivity index (χ1v) is 11.8. The number of para-hydroxylation sites is 1. The van der Waals surface area contributed by atoms with Crippen molar-refractivity contribution >= 4 is 16.9 Å². The number of oxazole rings is 1. The Labute approximate surface area is 215 Å². The maximum atomic E-state index is 12.9. The van der Waals surface area contributed by atoms with E-state index in [-0.39, 0.29) is 12.3 Å². The van der Waals surface area contributed by atoms with Crippen molar-refractivity contribution in [2.24, 2.45) is 0 Å². The highest BCUT2D eigenvalue weighted by atomic mass is 19.4. The van der Waals surface area contributed by atoms with Gasteiger partial charge in [0.05, 0.1) is 12.1 Å². The minimum Gasteiger partial charge on any atom is -0.478 e. The zero-order chi connectivity index (χ0) is 26.9. The lowest BCUT2D eigenvalue weighted by Gasteiger charge is -2.15. The van der Waals surface area contributed by atoms with Gasteiger partial charge in [-0.2, -0.15) is 13.2 Å². The van der Waals surface area contributed by atoms with E-state index >= 15 is 0 Å². The molecule has 0 aliphatic carbocycles. The molecule has 0 saturated carbocycles. The first kappa shape index (κ1) is 25.1. The molecule has 38 heavy (non-hydrogen) atoms. The molecule has 194 valence electrons. The average molecular weight is 521 g/mol. The molecule has 5 aromatic rings. The molecular weight excluding hydrogens is 497 g/mol. The van der Waals surface area contributed by atoms with E-state index < -0.39 is 23.8 Å². The standard InChI is InChI=1S/C29H23F3N2O4/c1-18-24(33-27(37-18)20-8-10-22(11-9-20)29(30,31)32)17-34-14-13-21-15-19(7-12-25(21)34)16-26(28(35)36)38-23-5-3-2-4-6-23/h2-15,26H,16-17H2,1H3,(H,35,36). The second-order valence-corrected chi connectivity index (χ2v) is 8.90. The molecule has 0 aliphatic rings. The van der Waals surface area contributed by atoms with Crippen molar-refractivity contribution in [1.82, 2.24) is 9.55 Å². The summed E-state index contributed by atoms with van der Waals surface area (Å²) in [7, 11) is 0. The van der Waals surface area contributed by atoms with E-state index in [0.717, 1.165) is 28.6 Å². The summed E-state index contributed by atoms with van der Waals surface area (Å²) in [4.78, 5) is 16.3. The second kappa shape index (κ2) is 10.1. The van der Waals surface area contributed by atoms with Crippen LogP contribution in [-0.2, 0) is 23.9 Å². The number of ether oxygens (including phenoxy) is 1. The molecule has 2 heterocycles. The Morgan fingerprint density at radius 3 is 2.47 bits per heavy atom. The number of aromatic nitrogens is 2. The molecule has 3 aromatic carbocycles. The Balaban J connectivity index is 1.33.